The predicted octanol–water partition coefficient (Wildman–Crippen LogP) is 28.8. The summed E-state index contributed by atoms with van der Waals surface area (Å²) in [5, 5.41) is 32.8. The Morgan fingerprint density at radius 1 is 0.341 bits per heavy atom. The van der Waals surface area contributed by atoms with E-state index in [0.29, 0.717) is 125 Å². The predicted molar refractivity (Wildman–Crippen MR) is 505 cm³/mol. The molecule has 4 heterocycles. The lowest BCUT2D eigenvalue weighted by molar-refractivity contribution is -0.285. The highest BCUT2D eigenvalue weighted by atomic mass is 16.7. The molecule has 18 fully saturated rings. The van der Waals surface area contributed by atoms with Gasteiger partial charge in [0.25, 0.3) is 0 Å². The summed E-state index contributed by atoms with van der Waals surface area (Å²) in [4.78, 5) is 0. The Kier molecular flexibility index (Phi) is 25.8. The molecule has 0 amide bonds. The Bertz CT molecular complexity index is 3790. The van der Waals surface area contributed by atoms with Crippen molar-refractivity contribution in [1.82, 2.24) is 0 Å². The van der Waals surface area contributed by atoms with Gasteiger partial charge < -0.3 is 43.7 Å². The van der Waals surface area contributed by atoms with Gasteiger partial charge in [0, 0.05) is 26.4 Å². The van der Waals surface area contributed by atoms with E-state index < -0.39 is 0 Å². The Morgan fingerprint density at radius 2 is 0.691 bits per heavy atom. The van der Waals surface area contributed by atoms with Gasteiger partial charge in [-0.05, 0) is 471 Å². The van der Waals surface area contributed by atoms with Crippen molar-refractivity contribution in [3.05, 3.63) is 48.8 Å². The molecule has 9 nitrogen and oxygen atoms in total. The molecule has 0 aromatic rings. The fourth-order valence-electron chi connectivity index (χ4n) is 41.0. The maximum atomic E-state index is 11.1. The van der Waals surface area contributed by atoms with Crippen LogP contribution in [-0.4, -0.2) is 92.5 Å². The monoisotopic (exact) mass is 1700 g/mol. The fourth-order valence-corrected chi connectivity index (χ4v) is 41.0. The molecule has 19 rings (SSSR count). The first-order chi connectivity index (χ1) is 57.8. The van der Waals surface area contributed by atoms with Crippen LogP contribution < -0.4 is 0 Å². The molecule has 3 unspecified atom stereocenters. The van der Waals surface area contributed by atoms with E-state index in [2.05, 4.69) is 165 Å². The molecular formula is C114H190O9. The van der Waals surface area contributed by atoms with Gasteiger partial charge in [-0.15, -0.1) is 0 Å². The molecule has 0 spiro atoms. The molecule has 3 N–H and O–H groups in total. The number of aliphatic hydroxyl groups excluding tert-OH is 3. The van der Waals surface area contributed by atoms with E-state index >= 15 is 0 Å². The third kappa shape index (κ3) is 14.2. The van der Waals surface area contributed by atoms with Gasteiger partial charge in [-0.3, -0.25) is 0 Å². The topological polar surface area (TPSA) is 116 Å². The fraction of sp³-hybridized carbons (Fsp3) is 0.930. The molecule has 15 aliphatic carbocycles. The minimum atomic E-state index is -0.154. The Hall–Kier alpha value is -1.56. The van der Waals surface area contributed by atoms with Gasteiger partial charge >= 0.3 is 0 Å². The van der Waals surface area contributed by atoms with Gasteiger partial charge in [0.15, 0.2) is 12.6 Å². The van der Waals surface area contributed by atoms with Crippen molar-refractivity contribution in [2.24, 2.45) is 174 Å². The Balaban J connectivity index is 0.000000133. The lowest BCUT2D eigenvalue weighted by Gasteiger charge is -2.76. The summed E-state index contributed by atoms with van der Waals surface area (Å²) < 4.78 is 36.8. The molecule has 19 aliphatic rings. The van der Waals surface area contributed by atoms with E-state index in [1.54, 1.807) is 6.26 Å². The Labute approximate surface area is 754 Å². The number of allylic oxidation sites excluding steroid dienone is 4. The zero-order valence-corrected chi connectivity index (χ0v) is 83.6. The maximum absolute atomic E-state index is 11.1. The molecule has 700 valence electrons. The molecule has 15 saturated carbocycles. The van der Waals surface area contributed by atoms with E-state index in [9.17, 15) is 15.3 Å². The van der Waals surface area contributed by atoms with Crippen LogP contribution in [0.1, 0.15) is 415 Å². The molecule has 0 bridgehead atoms. The van der Waals surface area contributed by atoms with Crippen molar-refractivity contribution in [2.45, 2.75) is 446 Å². The third-order valence-corrected chi connectivity index (χ3v) is 48.5. The minimum absolute atomic E-state index is 0.00672. The van der Waals surface area contributed by atoms with E-state index in [0.717, 1.165) is 94.9 Å². The standard InChI is InChI=1S/C42H70O3.C36H60O3.C31H52O2.C5H8O/c1-29(2)32-16-22-42(28-45-35-14-10-12-26-44-35)24-23-41(8)39(6)20-17-33-37(3,4)30(27-31-13-9-11-25-43-31)15-19-38(33,5)34(39)18-21-40(41,7)36(32)42;1-24(2)25-12-19-36(23-39-29-11-9-10-22-38-29)21-20-35(8)33(6)17-13-26-31(3,4)28(37)15-16-32(26,5)27(33)14-18-34(35,7)30(25)36;1-20(2)21-9-16-31(19-32)18-17-30(8)28(6)14-10-22-26(3,4)24(33)12-13-27(22,5)23(28)11-15-29(30,7)25(21)31;1-2-4-6-5-3-1/h30-36H,1,9-28H2,2-8H3;25-30,37H,1,9-23H2,2-8H3;21-25,32-33H,1,9-19H2,2-8H3;2,4H,1,3,5H2/t30-,31?,32+,33+,34-,35?,36-,38+,39-,40-,41+,42-;25-,26-,27+,28-,29?,30+,32-,33+,34+,35-,36+;21-,22-,23+,24-,25+,27-,28+,29+,30-,31+;/m100./s1. The largest absolute Gasteiger partial charge is 0.502 e. The molecule has 4 aliphatic heterocycles. The van der Waals surface area contributed by atoms with Crippen molar-refractivity contribution in [3.8, 4) is 0 Å². The van der Waals surface area contributed by atoms with E-state index in [-0.39, 0.29) is 57.3 Å². The molecule has 3 saturated heterocycles. The summed E-state index contributed by atoms with van der Waals surface area (Å²) in [5.74, 6) is 8.91. The van der Waals surface area contributed by atoms with Crippen LogP contribution in [0.25, 0.3) is 0 Å². The first-order valence-corrected chi connectivity index (χ1v) is 53.1. The highest BCUT2D eigenvalue weighted by Gasteiger charge is 2.79. The van der Waals surface area contributed by atoms with E-state index in [1.807, 2.05) is 6.08 Å². The van der Waals surface area contributed by atoms with Crippen LogP contribution in [0, 0.1) is 174 Å². The van der Waals surface area contributed by atoms with Crippen LogP contribution in [0.2, 0.25) is 0 Å². The van der Waals surface area contributed by atoms with Gasteiger partial charge in [0.05, 0.1) is 44.4 Å². The van der Waals surface area contributed by atoms with Crippen LogP contribution in [0.3, 0.4) is 0 Å². The third-order valence-electron chi connectivity index (χ3n) is 48.5. The SMILES string of the molecule is C1=COCCC1.C=C(C)[C@@H]1CC[C@]2(CO)CC[C@@]3(C)[C@]4(C)CC[C@H]5C(C)(C)[C@@H](O)CC[C@]5(C)[C@H]4CC[C@]3(C)[C@@H]12.C=C(C)[C@@H]1CC[C@]2(COC3CCCCO3)CC[C@@]3(C)[C@]4(C)CC[C@H]5C(C)(C)[C@@H](CC6CCCCO6)CC[C@]5(C)[C@H]4CC[C@]3(C)[C@@H]12.C=C(C)[C@@H]1CC[C@]2(COC3CCCCO3)CC[C@@]3(C)[C@]4(C)CC[C@H]5C(C)(C)[C@@H](O)CC[C@]5(C)[C@H]4CC[C@]3(C)[C@@H]12. The number of aliphatic hydroxyl groups is 3. The summed E-state index contributed by atoms with van der Waals surface area (Å²) in [7, 11) is 0. The summed E-state index contributed by atoms with van der Waals surface area (Å²) in [6, 6.07) is 0. The first kappa shape index (κ1) is 94.6. The molecular weight excluding hydrogens is 1510 g/mol. The van der Waals surface area contributed by atoms with Gasteiger partial charge in [0.2, 0.25) is 0 Å². The molecule has 33 atom stereocenters. The summed E-state index contributed by atoms with van der Waals surface area (Å²) in [6.45, 7) is 73.9. The highest BCUT2D eigenvalue weighted by Crippen LogP contribution is 2.86. The number of fused-ring (bicyclic) bond motifs is 21. The second-order valence-corrected chi connectivity index (χ2v) is 53.4. The average molecular weight is 1700 g/mol. The van der Waals surface area contributed by atoms with E-state index in [4.69, 9.17) is 28.4 Å². The molecule has 0 aromatic heterocycles. The number of hydrogen-bond donors (Lipinski definition) is 3. The van der Waals surface area contributed by atoms with Crippen molar-refractivity contribution in [2.75, 3.05) is 46.2 Å². The number of hydrogen-bond acceptors (Lipinski definition) is 9. The number of ether oxygens (including phenoxy) is 6. The maximum Gasteiger partial charge on any atom is 0.157 e. The van der Waals surface area contributed by atoms with Crippen LogP contribution >= 0.6 is 0 Å². The zero-order valence-electron chi connectivity index (χ0n) is 83.6. The van der Waals surface area contributed by atoms with Crippen LogP contribution in [0.5, 0.6) is 0 Å². The molecule has 0 radical (unpaired) electrons. The van der Waals surface area contributed by atoms with Crippen LogP contribution in [-0.2, 0) is 28.4 Å². The normalized spacial score (nSPS) is 53.0. The van der Waals surface area contributed by atoms with Gasteiger partial charge in [-0.2, -0.15) is 0 Å². The molecule has 0 aromatic carbocycles. The van der Waals surface area contributed by atoms with E-state index in [1.165, 1.54) is 261 Å². The van der Waals surface area contributed by atoms with Crippen LogP contribution in [0.15, 0.2) is 48.8 Å². The summed E-state index contributed by atoms with van der Waals surface area (Å²) in [5.41, 5.74) is 9.28. The van der Waals surface area contributed by atoms with Crippen LogP contribution in [0.4, 0.5) is 0 Å². The highest BCUT2D eigenvalue weighted by molar-refractivity contribution is 5.30. The summed E-state index contributed by atoms with van der Waals surface area (Å²) in [6.07, 6.45) is 57.3. The first-order valence-electron chi connectivity index (χ1n) is 53.1. The average Bonchev–Trinajstić information content (AvgIpc) is 1.59. The number of rotatable bonds is 12. The van der Waals surface area contributed by atoms with Crippen molar-refractivity contribution in [1.29, 1.82) is 0 Å². The van der Waals surface area contributed by atoms with Gasteiger partial charge in [-0.1, -0.05) is 161 Å². The zero-order chi connectivity index (χ0) is 88.4. The summed E-state index contributed by atoms with van der Waals surface area (Å²) >= 11 is 0. The lowest BCUT2D eigenvalue weighted by Crippen LogP contribution is -2.70. The lowest BCUT2D eigenvalue weighted by atomic mass is 9.28. The van der Waals surface area contributed by atoms with Crippen molar-refractivity contribution >= 4 is 0 Å². The quantitative estimate of drug-likeness (QED) is 0.164. The van der Waals surface area contributed by atoms with Gasteiger partial charge in [-0.25, -0.2) is 0 Å². The van der Waals surface area contributed by atoms with Crippen molar-refractivity contribution < 1.29 is 43.7 Å². The second-order valence-electron chi connectivity index (χ2n) is 53.4. The molecule has 123 heavy (non-hydrogen) atoms. The minimum Gasteiger partial charge on any atom is -0.502 e. The van der Waals surface area contributed by atoms with Gasteiger partial charge in [0.1, 0.15) is 0 Å². The Morgan fingerprint density at radius 3 is 1.02 bits per heavy atom. The molecule has 9 heteroatoms. The van der Waals surface area contributed by atoms with Crippen molar-refractivity contribution in [3.63, 3.8) is 0 Å². The smallest absolute Gasteiger partial charge is 0.157 e. The second kappa shape index (κ2) is 33.5.